The molecule has 0 fully saturated rings. The third-order valence-corrected chi connectivity index (χ3v) is 4.68. The van der Waals surface area contributed by atoms with E-state index in [4.69, 9.17) is 18.7 Å². The van der Waals surface area contributed by atoms with Crippen molar-refractivity contribution < 1.29 is 33.1 Å². The number of ether oxygens (including phenoxy) is 3. The van der Waals surface area contributed by atoms with E-state index in [0.717, 1.165) is 26.5 Å². The second-order valence-electron chi connectivity index (χ2n) is 6.64. The standard InChI is InChI=1S/C21H21N3O7/c1-12(25)23-21(19(26)29-3,20(27)30-4)11-14-17(31-24-18(14)28-2)16-10-9-13-7-5-6-8-15(13)22-16/h5-10H,11H2,1-4H3,(H,23,25). The number of hydrogen-bond acceptors (Lipinski definition) is 9. The zero-order chi connectivity index (χ0) is 22.6. The Bertz CT molecular complexity index is 1120. The summed E-state index contributed by atoms with van der Waals surface area (Å²) >= 11 is 0. The number of aromatic nitrogens is 2. The topological polar surface area (TPSA) is 130 Å². The maximum absolute atomic E-state index is 12.7. The average molecular weight is 427 g/mol. The van der Waals surface area contributed by atoms with Crippen molar-refractivity contribution in [1.82, 2.24) is 15.5 Å². The molecule has 1 N–H and O–H groups in total. The molecule has 0 bridgehead atoms. The molecule has 0 saturated carbocycles. The number of hydrogen-bond donors (Lipinski definition) is 1. The second kappa shape index (κ2) is 8.82. The second-order valence-corrected chi connectivity index (χ2v) is 6.64. The molecule has 1 amide bonds. The van der Waals surface area contributed by atoms with Crippen molar-refractivity contribution in [2.75, 3.05) is 21.3 Å². The molecule has 31 heavy (non-hydrogen) atoms. The first-order valence-electron chi connectivity index (χ1n) is 9.20. The summed E-state index contributed by atoms with van der Waals surface area (Å²) in [6, 6.07) is 11.0. The Kier molecular flexibility index (Phi) is 6.19. The van der Waals surface area contributed by atoms with E-state index in [1.54, 1.807) is 6.07 Å². The highest BCUT2D eigenvalue weighted by Gasteiger charge is 2.51. The Hall–Kier alpha value is -3.95. The number of esters is 2. The fourth-order valence-corrected chi connectivity index (χ4v) is 3.29. The van der Waals surface area contributed by atoms with E-state index in [0.29, 0.717) is 11.2 Å². The van der Waals surface area contributed by atoms with Crippen LogP contribution in [0.25, 0.3) is 22.4 Å². The molecule has 10 nitrogen and oxygen atoms in total. The number of nitrogens with one attached hydrogen (secondary N) is 1. The summed E-state index contributed by atoms with van der Waals surface area (Å²) < 4.78 is 20.3. The lowest BCUT2D eigenvalue weighted by Crippen LogP contribution is -2.62. The zero-order valence-electron chi connectivity index (χ0n) is 17.4. The Morgan fingerprint density at radius 2 is 1.71 bits per heavy atom. The first-order valence-corrected chi connectivity index (χ1v) is 9.20. The number of pyridine rings is 1. The van der Waals surface area contributed by atoms with Crippen LogP contribution >= 0.6 is 0 Å². The highest BCUT2D eigenvalue weighted by molar-refractivity contribution is 6.08. The van der Waals surface area contributed by atoms with Crippen LogP contribution in [-0.4, -0.2) is 54.9 Å². The van der Waals surface area contributed by atoms with Crippen LogP contribution in [0.4, 0.5) is 0 Å². The molecule has 0 aliphatic rings. The number of fused-ring (bicyclic) bond motifs is 1. The first-order chi connectivity index (χ1) is 14.9. The summed E-state index contributed by atoms with van der Waals surface area (Å²) in [5.41, 5.74) is -0.846. The van der Waals surface area contributed by atoms with Crippen LogP contribution in [0.2, 0.25) is 0 Å². The van der Waals surface area contributed by atoms with E-state index < -0.39 is 29.8 Å². The lowest BCUT2D eigenvalue weighted by molar-refractivity contribution is -0.165. The summed E-state index contributed by atoms with van der Waals surface area (Å²) in [6.45, 7) is 1.16. The molecule has 1 aromatic carbocycles. The van der Waals surface area contributed by atoms with Crippen LogP contribution < -0.4 is 10.1 Å². The molecule has 0 spiro atoms. The van der Waals surface area contributed by atoms with E-state index in [-0.39, 0.29) is 17.2 Å². The van der Waals surface area contributed by atoms with Crippen LogP contribution in [0.15, 0.2) is 40.9 Å². The van der Waals surface area contributed by atoms with Crippen LogP contribution in [0.5, 0.6) is 5.88 Å². The van der Waals surface area contributed by atoms with Crippen molar-refractivity contribution in [2.45, 2.75) is 18.9 Å². The quantitative estimate of drug-likeness (QED) is 0.442. The maximum atomic E-state index is 12.7. The van der Waals surface area contributed by atoms with Crippen molar-refractivity contribution in [3.63, 3.8) is 0 Å². The lowest BCUT2D eigenvalue weighted by Gasteiger charge is -2.28. The lowest BCUT2D eigenvalue weighted by atomic mass is 9.89. The van der Waals surface area contributed by atoms with Gasteiger partial charge in [0.2, 0.25) is 11.4 Å². The van der Waals surface area contributed by atoms with Gasteiger partial charge in [0.1, 0.15) is 5.69 Å². The van der Waals surface area contributed by atoms with Gasteiger partial charge in [-0.1, -0.05) is 24.3 Å². The van der Waals surface area contributed by atoms with Gasteiger partial charge in [0.15, 0.2) is 5.76 Å². The van der Waals surface area contributed by atoms with E-state index in [9.17, 15) is 14.4 Å². The molecule has 0 radical (unpaired) electrons. The fourth-order valence-electron chi connectivity index (χ4n) is 3.29. The van der Waals surface area contributed by atoms with Gasteiger partial charge in [0.05, 0.1) is 32.4 Å². The van der Waals surface area contributed by atoms with Gasteiger partial charge >= 0.3 is 11.9 Å². The van der Waals surface area contributed by atoms with Crippen LogP contribution in [0.1, 0.15) is 12.5 Å². The van der Waals surface area contributed by atoms with E-state index >= 15 is 0 Å². The monoisotopic (exact) mass is 427 g/mol. The van der Waals surface area contributed by atoms with Crippen molar-refractivity contribution in [3.8, 4) is 17.3 Å². The van der Waals surface area contributed by atoms with Gasteiger partial charge in [-0.3, -0.25) is 4.79 Å². The summed E-state index contributed by atoms with van der Waals surface area (Å²) in [6.07, 6.45) is -0.400. The summed E-state index contributed by atoms with van der Waals surface area (Å²) in [4.78, 5) is 41.8. The van der Waals surface area contributed by atoms with Gasteiger partial charge in [0, 0.05) is 18.7 Å². The number of methoxy groups -OCH3 is 3. The van der Waals surface area contributed by atoms with Gasteiger partial charge in [-0.15, -0.1) is 0 Å². The van der Waals surface area contributed by atoms with Crippen molar-refractivity contribution >= 4 is 28.7 Å². The Morgan fingerprint density at radius 3 is 2.32 bits per heavy atom. The number of rotatable bonds is 7. The van der Waals surface area contributed by atoms with Gasteiger partial charge in [0.25, 0.3) is 5.88 Å². The molecule has 0 atom stereocenters. The van der Waals surface area contributed by atoms with E-state index in [2.05, 4.69) is 15.5 Å². The average Bonchev–Trinajstić information content (AvgIpc) is 3.18. The Morgan fingerprint density at radius 1 is 1.03 bits per heavy atom. The minimum atomic E-state index is -2.18. The molecule has 10 heteroatoms. The molecule has 3 aromatic rings. The highest BCUT2D eigenvalue weighted by atomic mass is 16.6. The molecule has 3 rings (SSSR count). The van der Waals surface area contributed by atoms with Crippen LogP contribution in [-0.2, 0) is 30.3 Å². The number of amides is 1. The van der Waals surface area contributed by atoms with Crippen molar-refractivity contribution in [2.24, 2.45) is 0 Å². The fraction of sp³-hybridized carbons (Fsp3) is 0.286. The normalized spacial score (nSPS) is 11.1. The SMILES string of the molecule is COC(=O)C(Cc1c(OC)noc1-c1ccc2ccccc2n1)(NC(C)=O)C(=O)OC. The molecule has 2 heterocycles. The minimum Gasteiger partial charge on any atom is -0.479 e. The summed E-state index contributed by atoms with van der Waals surface area (Å²) in [7, 11) is 3.55. The van der Waals surface area contributed by atoms with E-state index in [1.165, 1.54) is 7.11 Å². The maximum Gasteiger partial charge on any atom is 0.343 e. The van der Waals surface area contributed by atoms with Crippen LogP contribution in [0.3, 0.4) is 0 Å². The number of nitrogens with zero attached hydrogens (tertiary/aromatic N) is 2. The molecule has 0 unspecified atom stereocenters. The number of carbonyl (C=O) groups is 3. The third kappa shape index (κ3) is 4.04. The largest absolute Gasteiger partial charge is 0.479 e. The smallest absolute Gasteiger partial charge is 0.343 e. The van der Waals surface area contributed by atoms with Crippen molar-refractivity contribution in [1.29, 1.82) is 0 Å². The predicted molar refractivity (Wildman–Crippen MR) is 108 cm³/mol. The highest BCUT2D eigenvalue weighted by Crippen LogP contribution is 2.34. The molecule has 162 valence electrons. The van der Waals surface area contributed by atoms with Gasteiger partial charge < -0.3 is 24.1 Å². The predicted octanol–water partition coefficient (Wildman–Crippen LogP) is 1.66. The van der Waals surface area contributed by atoms with Gasteiger partial charge in [-0.05, 0) is 17.3 Å². The van der Waals surface area contributed by atoms with Gasteiger partial charge in [-0.2, -0.15) is 0 Å². The van der Waals surface area contributed by atoms with E-state index in [1.807, 2.05) is 30.3 Å². The Labute approximate surface area is 177 Å². The summed E-state index contributed by atoms with van der Waals surface area (Å²) in [5, 5.41) is 7.14. The molecular formula is C21H21N3O7. The molecule has 0 saturated heterocycles. The molecule has 2 aromatic heterocycles. The molecular weight excluding hydrogens is 406 g/mol. The number of para-hydroxylation sites is 1. The van der Waals surface area contributed by atoms with Gasteiger partial charge in [-0.25, -0.2) is 14.6 Å². The first kappa shape index (κ1) is 21.8. The minimum absolute atomic E-state index is 0.0208. The number of benzene rings is 1. The molecule has 0 aliphatic heterocycles. The zero-order valence-corrected chi connectivity index (χ0v) is 17.4. The summed E-state index contributed by atoms with van der Waals surface area (Å²) in [5.74, 6) is -2.49. The third-order valence-electron chi connectivity index (χ3n) is 4.68. The van der Waals surface area contributed by atoms with Crippen molar-refractivity contribution in [3.05, 3.63) is 42.0 Å². The Balaban J connectivity index is 2.17. The number of carbonyl (C=O) groups excluding carboxylic acids is 3. The molecule has 0 aliphatic carbocycles. The van der Waals surface area contributed by atoms with Crippen LogP contribution in [0, 0.1) is 0 Å².